The Morgan fingerprint density at radius 1 is 1.05 bits per heavy atom. The molecule has 0 unspecified atom stereocenters. The van der Waals surface area contributed by atoms with Crippen LogP contribution in [-0.4, -0.2) is 44.8 Å². The van der Waals surface area contributed by atoms with Crippen molar-refractivity contribution in [2.45, 2.75) is 70.1 Å². The number of amides is 4. The first-order valence-corrected chi connectivity index (χ1v) is 16.0. The van der Waals surface area contributed by atoms with Crippen molar-refractivity contribution in [2.75, 3.05) is 19.0 Å². The quantitative estimate of drug-likeness (QED) is 0.347. The van der Waals surface area contributed by atoms with Crippen LogP contribution in [0, 0.1) is 6.92 Å². The Morgan fingerprint density at radius 3 is 2.44 bits per heavy atom. The molecule has 0 saturated heterocycles. The summed E-state index contributed by atoms with van der Waals surface area (Å²) in [7, 11) is -2.62. The first kappa shape index (κ1) is 30.3. The van der Waals surface area contributed by atoms with E-state index in [1.54, 1.807) is 44.2 Å². The first-order valence-electron chi connectivity index (χ1n) is 14.5. The van der Waals surface area contributed by atoms with Crippen molar-refractivity contribution >= 4 is 33.6 Å². The van der Waals surface area contributed by atoms with Crippen LogP contribution in [0.5, 0.6) is 5.75 Å². The van der Waals surface area contributed by atoms with Crippen LogP contribution < -0.4 is 14.8 Å². The topological polar surface area (TPSA) is 122 Å². The maximum absolute atomic E-state index is 13.3. The number of fused-ring (bicyclic) bond motifs is 2. The highest BCUT2D eigenvalue weighted by Crippen LogP contribution is 2.37. The molecule has 226 valence electrons. The van der Waals surface area contributed by atoms with Crippen molar-refractivity contribution in [1.29, 1.82) is 0 Å². The second-order valence-corrected chi connectivity index (χ2v) is 13.3. The Morgan fingerprint density at radius 2 is 1.77 bits per heavy atom. The van der Waals surface area contributed by atoms with E-state index in [0.29, 0.717) is 29.0 Å². The van der Waals surface area contributed by atoms with Gasteiger partial charge in [0.25, 0.3) is 15.9 Å². The number of carbonyl (C=O) groups excluding carboxylic acids is 3. The largest absolute Gasteiger partial charge is 0.497 e. The smallest absolute Gasteiger partial charge is 0.333 e. The minimum Gasteiger partial charge on any atom is -0.497 e. The standard InChI is InChI=1S/C33H37N3O6S/c1-6-25-20(2)18-22-8-7-9-26(22)29(25)34-32(39)35-43(40,41)24-13-10-21(11-14-24)16-17-36-30(37)27-19-23(42-5)12-15-28(27)33(3,4)31(36)38/h10-15,18-19H,6-9,16-17H2,1-5H3,(H2,34,35,39). The van der Waals surface area contributed by atoms with Gasteiger partial charge in [-0.15, -0.1) is 0 Å². The fourth-order valence-electron chi connectivity index (χ4n) is 6.21. The Bertz CT molecular complexity index is 1720. The van der Waals surface area contributed by atoms with Crippen molar-refractivity contribution in [3.63, 3.8) is 0 Å². The highest BCUT2D eigenvalue weighted by atomic mass is 32.2. The molecule has 0 radical (unpaired) electrons. The van der Waals surface area contributed by atoms with Crippen molar-refractivity contribution in [3.8, 4) is 5.75 Å². The highest BCUT2D eigenvalue weighted by molar-refractivity contribution is 7.90. The minimum atomic E-state index is -4.14. The Kier molecular flexibility index (Phi) is 8.09. The van der Waals surface area contributed by atoms with Gasteiger partial charge in [-0.25, -0.2) is 17.9 Å². The van der Waals surface area contributed by atoms with Gasteiger partial charge in [-0.3, -0.25) is 14.5 Å². The molecule has 4 amide bonds. The average Bonchev–Trinajstić information content (AvgIpc) is 3.44. The molecule has 0 fully saturated rings. The van der Waals surface area contributed by atoms with Gasteiger partial charge in [-0.1, -0.05) is 31.2 Å². The molecule has 0 saturated carbocycles. The number of imide groups is 1. The minimum absolute atomic E-state index is 0.0659. The van der Waals surface area contributed by atoms with Gasteiger partial charge >= 0.3 is 6.03 Å². The number of urea groups is 1. The number of ether oxygens (including phenoxy) is 1. The van der Waals surface area contributed by atoms with Gasteiger partial charge in [-0.2, -0.15) is 0 Å². The lowest BCUT2D eigenvalue weighted by Crippen LogP contribution is -2.52. The van der Waals surface area contributed by atoms with Gasteiger partial charge in [0.05, 0.1) is 17.4 Å². The number of benzene rings is 3. The maximum Gasteiger partial charge on any atom is 0.333 e. The average molecular weight is 604 g/mol. The van der Waals surface area contributed by atoms with E-state index < -0.39 is 27.4 Å². The summed E-state index contributed by atoms with van der Waals surface area (Å²) in [5.74, 6) is -0.155. The lowest BCUT2D eigenvalue weighted by atomic mass is 9.77. The number of hydrogen-bond acceptors (Lipinski definition) is 6. The summed E-state index contributed by atoms with van der Waals surface area (Å²) in [6.07, 6.45) is 3.85. The molecule has 5 rings (SSSR count). The van der Waals surface area contributed by atoms with Gasteiger partial charge in [0.15, 0.2) is 0 Å². The van der Waals surface area contributed by atoms with Crippen molar-refractivity contribution in [3.05, 3.63) is 87.5 Å². The van der Waals surface area contributed by atoms with E-state index in [1.165, 1.54) is 29.7 Å². The Balaban J connectivity index is 1.27. The second kappa shape index (κ2) is 11.5. The first-order chi connectivity index (χ1) is 20.4. The maximum atomic E-state index is 13.3. The van der Waals surface area contributed by atoms with Gasteiger partial charge < -0.3 is 10.1 Å². The summed E-state index contributed by atoms with van der Waals surface area (Å²) in [5.41, 5.74) is 6.01. The van der Waals surface area contributed by atoms with E-state index >= 15 is 0 Å². The van der Waals surface area contributed by atoms with Crippen LogP contribution in [0.3, 0.4) is 0 Å². The van der Waals surface area contributed by atoms with Gasteiger partial charge in [0.2, 0.25) is 5.91 Å². The molecule has 0 bridgehead atoms. The summed E-state index contributed by atoms with van der Waals surface area (Å²) in [4.78, 5) is 40.6. The van der Waals surface area contributed by atoms with Crippen LogP contribution in [0.4, 0.5) is 10.5 Å². The Labute approximate surface area is 252 Å². The number of anilines is 1. The number of nitrogens with zero attached hydrogens (tertiary/aromatic N) is 1. The summed E-state index contributed by atoms with van der Waals surface area (Å²) in [5, 5.41) is 2.82. The monoisotopic (exact) mass is 603 g/mol. The van der Waals surface area contributed by atoms with Crippen LogP contribution >= 0.6 is 0 Å². The van der Waals surface area contributed by atoms with Crippen LogP contribution in [0.2, 0.25) is 0 Å². The number of nitrogens with one attached hydrogen (secondary N) is 2. The summed E-state index contributed by atoms with van der Waals surface area (Å²) >= 11 is 0. The van der Waals surface area contributed by atoms with Crippen LogP contribution in [0.25, 0.3) is 0 Å². The third-order valence-corrected chi connectivity index (χ3v) is 9.91. The molecule has 9 nitrogen and oxygen atoms in total. The summed E-state index contributed by atoms with van der Waals surface area (Å²) in [6, 6.07) is 12.6. The Hall–Kier alpha value is -4.18. The van der Waals surface area contributed by atoms with E-state index in [4.69, 9.17) is 4.74 Å². The van der Waals surface area contributed by atoms with Crippen molar-refractivity contribution in [1.82, 2.24) is 9.62 Å². The van der Waals surface area contributed by atoms with Gasteiger partial charge in [-0.05, 0) is 111 Å². The fraction of sp³-hybridized carbons (Fsp3) is 0.364. The number of carbonyl (C=O) groups is 3. The zero-order valence-electron chi connectivity index (χ0n) is 25.2. The molecule has 3 aromatic rings. The normalized spacial score (nSPS) is 15.6. The zero-order valence-corrected chi connectivity index (χ0v) is 26.0. The van der Waals surface area contributed by atoms with E-state index in [1.807, 2.05) is 13.8 Å². The summed E-state index contributed by atoms with van der Waals surface area (Å²) < 4.78 is 33.5. The van der Waals surface area contributed by atoms with E-state index in [9.17, 15) is 22.8 Å². The number of hydrogen-bond donors (Lipinski definition) is 2. The summed E-state index contributed by atoms with van der Waals surface area (Å²) in [6.45, 7) is 7.73. The predicted molar refractivity (Wildman–Crippen MR) is 164 cm³/mol. The van der Waals surface area contributed by atoms with E-state index in [2.05, 4.69) is 16.1 Å². The second-order valence-electron chi connectivity index (χ2n) is 11.6. The highest BCUT2D eigenvalue weighted by Gasteiger charge is 2.44. The molecule has 0 atom stereocenters. The van der Waals surface area contributed by atoms with Gasteiger partial charge in [0, 0.05) is 17.8 Å². The number of aryl methyl sites for hydroxylation is 2. The third-order valence-electron chi connectivity index (χ3n) is 8.56. The fourth-order valence-corrected chi connectivity index (χ4v) is 7.12. The lowest BCUT2D eigenvalue weighted by Gasteiger charge is -2.37. The SMILES string of the molecule is CCc1c(C)cc2c(c1NC(=O)NS(=O)(=O)c1ccc(CCN3C(=O)c4cc(OC)ccc4C(C)(C)C3=O)cc1)CCC2. The molecule has 2 aliphatic rings. The molecule has 1 aliphatic carbocycles. The van der Waals surface area contributed by atoms with E-state index in [0.717, 1.165) is 47.9 Å². The molecule has 0 aromatic heterocycles. The van der Waals surface area contributed by atoms with Gasteiger partial charge in [0.1, 0.15) is 5.75 Å². The lowest BCUT2D eigenvalue weighted by molar-refractivity contribution is -0.134. The van der Waals surface area contributed by atoms with Crippen LogP contribution in [0.1, 0.15) is 70.9 Å². The third kappa shape index (κ3) is 5.63. The zero-order chi connectivity index (χ0) is 31.1. The van der Waals surface area contributed by atoms with Crippen LogP contribution in [-0.2, 0) is 45.9 Å². The molecule has 10 heteroatoms. The molecule has 1 heterocycles. The van der Waals surface area contributed by atoms with Crippen molar-refractivity contribution in [2.24, 2.45) is 0 Å². The molecule has 2 N–H and O–H groups in total. The van der Waals surface area contributed by atoms with Crippen molar-refractivity contribution < 1.29 is 27.5 Å². The predicted octanol–water partition coefficient (Wildman–Crippen LogP) is 5.07. The molecular weight excluding hydrogens is 566 g/mol. The number of rotatable bonds is 8. The molecular formula is C33H37N3O6S. The van der Waals surface area contributed by atoms with Crippen LogP contribution in [0.15, 0.2) is 53.4 Å². The molecule has 3 aromatic carbocycles. The molecule has 0 spiro atoms. The molecule has 1 aliphatic heterocycles. The number of methoxy groups -OCH3 is 1. The van der Waals surface area contributed by atoms with E-state index in [-0.39, 0.29) is 17.3 Å². The molecule has 43 heavy (non-hydrogen) atoms. The number of sulfonamides is 1.